The summed E-state index contributed by atoms with van der Waals surface area (Å²) in [6, 6.07) is 15.6. The highest BCUT2D eigenvalue weighted by Gasteiger charge is 2.13. The molecule has 0 amide bonds. The van der Waals surface area contributed by atoms with Crippen molar-refractivity contribution in [2.45, 2.75) is 26.9 Å². The Balaban J connectivity index is 0.00000261. The molecule has 0 spiro atoms. The first-order chi connectivity index (χ1) is 12.6. The van der Waals surface area contributed by atoms with Crippen LogP contribution in [-0.4, -0.2) is 28.3 Å². The fourth-order valence-corrected chi connectivity index (χ4v) is 2.98. The standard InChI is InChI=1S/C20H23N3O3.ClH/c1-3-25-19(24)14-23-18-10-5-4-9-17(18)22(20(23)21)11-12-26-16-8-6-7-15(2)13-16;/h4-10,13,21H,3,11-12,14H2,1-2H3;1H/p-1. The van der Waals surface area contributed by atoms with Gasteiger partial charge in [-0.2, -0.15) is 0 Å². The minimum absolute atomic E-state index is 0. The Kier molecular flexibility index (Phi) is 7.07. The fraction of sp³-hybridized carbons (Fsp3) is 0.300. The van der Waals surface area contributed by atoms with E-state index in [-0.39, 0.29) is 30.5 Å². The summed E-state index contributed by atoms with van der Waals surface area (Å²) >= 11 is 0. The van der Waals surface area contributed by atoms with Gasteiger partial charge in [-0.1, -0.05) is 24.3 Å². The van der Waals surface area contributed by atoms with Gasteiger partial charge in [0.25, 0.3) is 0 Å². The number of nitrogens with zero attached hydrogens (tertiary/aromatic N) is 2. The number of benzene rings is 2. The van der Waals surface area contributed by atoms with Gasteiger partial charge in [0.15, 0.2) is 0 Å². The number of carbonyl (C=O) groups is 1. The first-order valence-electron chi connectivity index (χ1n) is 8.68. The van der Waals surface area contributed by atoms with Gasteiger partial charge in [0.1, 0.15) is 18.9 Å². The largest absolute Gasteiger partial charge is 1.00 e. The van der Waals surface area contributed by atoms with E-state index >= 15 is 0 Å². The fourth-order valence-electron chi connectivity index (χ4n) is 2.98. The van der Waals surface area contributed by atoms with Crippen molar-refractivity contribution in [2.75, 3.05) is 13.2 Å². The van der Waals surface area contributed by atoms with Crippen LogP contribution in [0.25, 0.3) is 11.0 Å². The first-order valence-corrected chi connectivity index (χ1v) is 8.68. The molecule has 3 aromatic rings. The van der Waals surface area contributed by atoms with Gasteiger partial charge in [0, 0.05) is 0 Å². The van der Waals surface area contributed by atoms with Crippen molar-refractivity contribution in [1.29, 1.82) is 5.41 Å². The van der Waals surface area contributed by atoms with E-state index in [4.69, 9.17) is 14.9 Å². The number of para-hydroxylation sites is 2. The molecule has 0 atom stereocenters. The Labute approximate surface area is 164 Å². The zero-order valence-electron chi connectivity index (χ0n) is 15.4. The maximum atomic E-state index is 11.9. The van der Waals surface area contributed by atoms with Gasteiger partial charge in [-0.25, -0.2) is 0 Å². The van der Waals surface area contributed by atoms with Gasteiger partial charge in [0.05, 0.1) is 24.2 Å². The van der Waals surface area contributed by atoms with Gasteiger partial charge in [0.2, 0.25) is 5.62 Å². The smallest absolute Gasteiger partial charge is 0.326 e. The highest BCUT2D eigenvalue weighted by molar-refractivity contribution is 5.78. The van der Waals surface area contributed by atoms with Crippen LogP contribution in [0.5, 0.6) is 5.75 Å². The molecule has 0 aliphatic heterocycles. The summed E-state index contributed by atoms with van der Waals surface area (Å²) in [4.78, 5) is 11.9. The number of ether oxygens (including phenoxy) is 2. The molecule has 0 aliphatic rings. The molecule has 1 aromatic heterocycles. The number of hydrogen-bond donors (Lipinski definition) is 1. The molecule has 0 aliphatic carbocycles. The molecule has 27 heavy (non-hydrogen) atoms. The third-order valence-corrected chi connectivity index (χ3v) is 4.14. The van der Waals surface area contributed by atoms with Crippen molar-refractivity contribution < 1.29 is 26.7 Å². The van der Waals surface area contributed by atoms with Crippen LogP contribution in [-0.2, 0) is 22.6 Å². The van der Waals surface area contributed by atoms with E-state index in [1.807, 2.05) is 60.0 Å². The number of imidazole rings is 1. The molecule has 7 heteroatoms. The molecule has 6 nitrogen and oxygen atoms in total. The second-order valence-corrected chi connectivity index (χ2v) is 6.02. The van der Waals surface area contributed by atoms with Gasteiger partial charge in [-0.3, -0.25) is 14.8 Å². The Morgan fingerprint density at radius 2 is 1.78 bits per heavy atom. The molecule has 1 heterocycles. The van der Waals surface area contributed by atoms with Crippen LogP contribution in [0.15, 0.2) is 48.5 Å². The van der Waals surface area contributed by atoms with Crippen molar-refractivity contribution in [1.82, 2.24) is 9.13 Å². The van der Waals surface area contributed by atoms with Crippen molar-refractivity contribution in [2.24, 2.45) is 0 Å². The lowest BCUT2D eigenvalue weighted by Gasteiger charge is -2.08. The van der Waals surface area contributed by atoms with Crippen molar-refractivity contribution >= 4 is 17.0 Å². The summed E-state index contributed by atoms with van der Waals surface area (Å²) in [5.41, 5.74) is 3.13. The summed E-state index contributed by atoms with van der Waals surface area (Å²) in [6.07, 6.45) is 0. The number of rotatable bonds is 7. The highest BCUT2D eigenvalue weighted by atomic mass is 35.5. The lowest BCUT2D eigenvalue weighted by molar-refractivity contribution is -0.143. The first kappa shape index (κ1) is 20.6. The Bertz CT molecular complexity index is 978. The summed E-state index contributed by atoms with van der Waals surface area (Å²) < 4.78 is 14.4. The molecule has 0 bridgehead atoms. The third-order valence-electron chi connectivity index (χ3n) is 4.14. The Morgan fingerprint density at radius 3 is 2.44 bits per heavy atom. The number of esters is 1. The number of aryl methyl sites for hydroxylation is 1. The van der Waals surface area contributed by atoms with E-state index in [0.717, 1.165) is 22.3 Å². The molecule has 144 valence electrons. The Morgan fingerprint density at radius 1 is 1.07 bits per heavy atom. The van der Waals surface area contributed by atoms with E-state index in [9.17, 15) is 4.79 Å². The predicted molar refractivity (Wildman–Crippen MR) is 99.1 cm³/mol. The van der Waals surface area contributed by atoms with Crippen molar-refractivity contribution in [3.63, 3.8) is 0 Å². The van der Waals surface area contributed by atoms with Crippen LogP contribution < -0.4 is 22.8 Å². The molecule has 0 radical (unpaired) electrons. The number of fused-ring (bicyclic) bond motifs is 1. The van der Waals surface area contributed by atoms with Crippen LogP contribution in [0.4, 0.5) is 0 Å². The second-order valence-electron chi connectivity index (χ2n) is 6.02. The van der Waals surface area contributed by atoms with Gasteiger partial charge < -0.3 is 26.4 Å². The Hall–Kier alpha value is -2.73. The van der Waals surface area contributed by atoms with Crippen LogP contribution in [0, 0.1) is 12.3 Å². The van der Waals surface area contributed by atoms with Crippen molar-refractivity contribution in [3.05, 3.63) is 59.7 Å². The average Bonchev–Trinajstić information content (AvgIpc) is 2.88. The number of aromatic nitrogens is 2. The summed E-state index contributed by atoms with van der Waals surface area (Å²) in [5.74, 6) is 0.470. The van der Waals surface area contributed by atoms with Gasteiger partial charge in [-0.05, 0) is 43.7 Å². The topological polar surface area (TPSA) is 69.2 Å². The second kappa shape index (κ2) is 9.28. The third kappa shape index (κ3) is 4.71. The average molecular weight is 389 g/mol. The zero-order valence-corrected chi connectivity index (χ0v) is 16.2. The van der Waals surface area contributed by atoms with Crippen LogP contribution >= 0.6 is 0 Å². The summed E-state index contributed by atoms with van der Waals surface area (Å²) in [7, 11) is 0. The number of hydrogen-bond acceptors (Lipinski definition) is 4. The molecular formula is C20H23ClN3O3-. The quantitative estimate of drug-likeness (QED) is 0.574. The number of carbonyl (C=O) groups excluding carboxylic acids is 1. The van der Waals surface area contributed by atoms with E-state index < -0.39 is 0 Å². The van der Waals surface area contributed by atoms with E-state index in [0.29, 0.717) is 19.8 Å². The van der Waals surface area contributed by atoms with E-state index in [1.165, 1.54) is 0 Å². The van der Waals surface area contributed by atoms with Gasteiger partial charge in [-0.15, -0.1) is 0 Å². The van der Waals surface area contributed by atoms with Crippen molar-refractivity contribution in [3.8, 4) is 5.75 Å². The summed E-state index contributed by atoms with van der Waals surface area (Å²) in [5, 5.41) is 8.48. The van der Waals surface area contributed by atoms with Gasteiger partial charge >= 0.3 is 5.97 Å². The predicted octanol–water partition coefficient (Wildman–Crippen LogP) is -0.123. The monoisotopic (exact) mass is 388 g/mol. The minimum atomic E-state index is -0.343. The van der Waals surface area contributed by atoms with Crippen LogP contribution in [0.1, 0.15) is 12.5 Å². The molecule has 1 N–H and O–H groups in total. The zero-order chi connectivity index (χ0) is 18.5. The minimum Gasteiger partial charge on any atom is -1.00 e. The molecule has 2 aromatic carbocycles. The van der Waals surface area contributed by atoms with Crippen LogP contribution in [0.2, 0.25) is 0 Å². The lowest BCUT2D eigenvalue weighted by atomic mass is 10.2. The molecule has 0 saturated carbocycles. The molecule has 0 unspecified atom stereocenters. The van der Waals surface area contributed by atoms with E-state index in [1.54, 1.807) is 11.5 Å². The summed E-state index contributed by atoms with van der Waals surface area (Å²) in [6.45, 7) is 5.10. The maximum Gasteiger partial charge on any atom is 0.326 e. The maximum absolute atomic E-state index is 11.9. The molecule has 3 rings (SSSR count). The molecular weight excluding hydrogens is 366 g/mol. The lowest BCUT2D eigenvalue weighted by Crippen LogP contribution is -3.00. The molecule has 0 fully saturated rings. The molecule has 0 saturated heterocycles. The van der Waals surface area contributed by atoms with E-state index in [2.05, 4.69) is 0 Å². The highest BCUT2D eigenvalue weighted by Crippen LogP contribution is 2.15. The number of halogens is 1. The van der Waals surface area contributed by atoms with Crippen LogP contribution in [0.3, 0.4) is 0 Å². The SMILES string of the molecule is CCOC(=O)Cn1c(=N)n(CCOc2cccc(C)c2)c2ccccc21.[Cl-]. The number of nitrogens with one attached hydrogen (secondary N) is 1. The normalized spacial score (nSPS) is 10.4.